The van der Waals surface area contributed by atoms with Gasteiger partial charge in [-0.1, -0.05) is 38.3 Å². The third kappa shape index (κ3) is 3.82. The Morgan fingerprint density at radius 2 is 2.00 bits per heavy atom. The predicted octanol–water partition coefficient (Wildman–Crippen LogP) is 3.44. The Morgan fingerprint density at radius 1 is 1.32 bits per heavy atom. The van der Waals surface area contributed by atoms with Gasteiger partial charge in [-0.05, 0) is 37.0 Å². The number of nitrogens with one attached hydrogen (secondary N) is 1. The van der Waals surface area contributed by atoms with Crippen LogP contribution in [0.25, 0.3) is 0 Å². The van der Waals surface area contributed by atoms with Gasteiger partial charge in [-0.2, -0.15) is 0 Å². The molecule has 2 atom stereocenters. The molecule has 0 aromatic heterocycles. The number of hydrogen-bond donors (Lipinski definition) is 1. The van der Waals surface area contributed by atoms with E-state index in [0.29, 0.717) is 5.92 Å². The Bertz CT molecular complexity index is 657. The largest absolute Gasteiger partial charge is 0.349 e. The van der Waals surface area contributed by atoms with Crippen LogP contribution in [0.3, 0.4) is 0 Å². The summed E-state index contributed by atoms with van der Waals surface area (Å²) in [7, 11) is -3.35. The molecule has 1 aliphatic carbocycles. The molecule has 1 aromatic carbocycles. The van der Waals surface area contributed by atoms with Crippen molar-refractivity contribution in [1.82, 2.24) is 5.32 Å². The molecule has 0 radical (unpaired) electrons. The molecule has 2 rings (SSSR count). The Labute approximate surface area is 137 Å². The van der Waals surface area contributed by atoms with Gasteiger partial charge in [-0.3, -0.25) is 4.79 Å². The highest BCUT2D eigenvalue weighted by molar-refractivity contribution is 7.91. The lowest BCUT2D eigenvalue weighted by molar-refractivity contribution is 0.0910. The molecule has 2 unspecified atom stereocenters. The van der Waals surface area contributed by atoms with Crippen LogP contribution in [0.4, 0.5) is 0 Å². The molecule has 1 fully saturated rings. The van der Waals surface area contributed by atoms with Crippen LogP contribution in [0.1, 0.15) is 49.9 Å². The van der Waals surface area contributed by atoms with Gasteiger partial charge in [0.1, 0.15) is 0 Å². The number of carbonyl (C=O) groups excluding carboxylic acids is 1. The van der Waals surface area contributed by atoms with Crippen molar-refractivity contribution in [1.29, 1.82) is 0 Å². The van der Waals surface area contributed by atoms with Gasteiger partial charge in [0.05, 0.1) is 21.2 Å². The van der Waals surface area contributed by atoms with Gasteiger partial charge in [0.2, 0.25) is 0 Å². The number of carbonyl (C=O) groups is 1. The average Bonchev–Trinajstić information content (AvgIpc) is 2.49. The van der Waals surface area contributed by atoms with E-state index in [-0.39, 0.29) is 33.2 Å². The molecule has 22 heavy (non-hydrogen) atoms. The lowest BCUT2D eigenvalue weighted by Crippen LogP contribution is -2.41. The number of sulfone groups is 1. The number of amides is 1. The molecule has 4 nitrogen and oxygen atoms in total. The zero-order valence-electron chi connectivity index (χ0n) is 12.9. The van der Waals surface area contributed by atoms with Crippen LogP contribution in [0.5, 0.6) is 0 Å². The summed E-state index contributed by atoms with van der Waals surface area (Å²) in [5.41, 5.74) is 0.231. The molecule has 0 spiro atoms. The van der Waals surface area contributed by atoms with Crippen molar-refractivity contribution in [3.63, 3.8) is 0 Å². The minimum atomic E-state index is -3.35. The Morgan fingerprint density at radius 3 is 2.64 bits per heavy atom. The Balaban J connectivity index is 2.23. The van der Waals surface area contributed by atoms with Crippen molar-refractivity contribution >= 4 is 27.3 Å². The minimum Gasteiger partial charge on any atom is -0.349 e. The van der Waals surface area contributed by atoms with E-state index in [1.54, 1.807) is 6.92 Å². The summed E-state index contributed by atoms with van der Waals surface area (Å²) < 4.78 is 23.9. The normalized spacial score (nSPS) is 22.3. The number of rotatable bonds is 4. The van der Waals surface area contributed by atoms with Crippen molar-refractivity contribution < 1.29 is 13.2 Å². The first kappa shape index (κ1) is 17.3. The quantitative estimate of drug-likeness (QED) is 0.910. The topological polar surface area (TPSA) is 63.2 Å². The van der Waals surface area contributed by atoms with Crippen LogP contribution in [-0.2, 0) is 9.84 Å². The van der Waals surface area contributed by atoms with Crippen LogP contribution < -0.4 is 5.32 Å². The maximum absolute atomic E-state index is 12.5. The maximum atomic E-state index is 12.5. The van der Waals surface area contributed by atoms with Crippen molar-refractivity contribution in [2.75, 3.05) is 5.75 Å². The number of halogens is 1. The third-order valence-corrected chi connectivity index (χ3v) is 6.41. The summed E-state index contributed by atoms with van der Waals surface area (Å²) in [6, 6.07) is 4.43. The maximum Gasteiger partial charge on any atom is 0.253 e. The zero-order valence-corrected chi connectivity index (χ0v) is 14.5. The molecule has 122 valence electrons. The molecule has 0 aliphatic heterocycles. The van der Waals surface area contributed by atoms with E-state index in [1.165, 1.54) is 24.6 Å². The molecule has 1 aromatic rings. The van der Waals surface area contributed by atoms with Crippen LogP contribution >= 0.6 is 11.6 Å². The second-order valence-electron chi connectivity index (χ2n) is 5.89. The van der Waals surface area contributed by atoms with Gasteiger partial charge in [0.25, 0.3) is 5.91 Å². The molecule has 0 bridgehead atoms. The van der Waals surface area contributed by atoms with E-state index >= 15 is 0 Å². The van der Waals surface area contributed by atoms with Gasteiger partial charge in [0.15, 0.2) is 9.84 Å². The van der Waals surface area contributed by atoms with Crippen LogP contribution in [0.2, 0.25) is 5.02 Å². The third-order valence-electron chi connectivity index (χ3n) is 4.35. The Kier molecular flexibility index (Phi) is 5.50. The van der Waals surface area contributed by atoms with Gasteiger partial charge in [-0.15, -0.1) is 0 Å². The highest BCUT2D eigenvalue weighted by Crippen LogP contribution is 2.26. The molecule has 6 heteroatoms. The molecule has 0 heterocycles. The molecular weight excluding hydrogens is 322 g/mol. The molecule has 1 amide bonds. The second kappa shape index (κ2) is 7.01. The van der Waals surface area contributed by atoms with Gasteiger partial charge < -0.3 is 5.32 Å². The highest BCUT2D eigenvalue weighted by Gasteiger charge is 2.25. The van der Waals surface area contributed by atoms with E-state index < -0.39 is 9.84 Å². The fourth-order valence-electron chi connectivity index (χ4n) is 2.82. The summed E-state index contributed by atoms with van der Waals surface area (Å²) >= 11 is 6.08. The monoisotopic (exact) mass is 343 g/mol. The van der Waals surface area contributed by atoms with Crippen molar-refractivity contribution in [3.05, 3.63) is 28.8 Å². The summed E-state index contributed by atoms with van der Waals surface area (Å²) in [5, 5.41) is 3.28. The molecular formula is C16H22ClNO3S. The number of benzene rings is 1. The van der Waals surface area contributed by atoms with Crippen molar-refractivity contribution in [2.45, 2.75) is 50.5 Å². The summed E-state index contributed by atoms with van der Waals surface area (Å²) in [6.45, 7) is 3.71. The molecule has 0 saturated heterocycles. The smallest absolute Gasteiger partial charge is 0.253 e. The highest BCUT2D eigenvalue weighted by atomic mass is 35.5. The zero-order chi connectivity index (χ0) is 16.3. The van der Waals surface area contributed by atoms with Crippen molar-refractivity contribution in [3.8, 4) is 0 Å². The van der Waals surface area contributed by atoms with Crippen molar-refractivity contribution in [2.24, 2.45) is 5.92 Å². The van der Waals surface area contributed by atoms with Gasteiger partial charge in [0, 0.05) is 6.04 Å². The first-order valence-electron chi connectivity index (χ1n) is 7.68. The standard InChI is InChI=1S/C16H22ClNO3S/c1-3-22(20,21)12-8-9-14(17)13(10-12)16(19)18-15-7-5-4-6-11(15)2/h8-11,15H,3-7H2,1-2H3,(H,18,19). The fourth-order valence-corrected chi connectivity index (χ4v) is 3.92. The van der Waals surface area contributed by atoms with Crippen LogP contribution in [0.15, 0.2) is 23.1 Å². The molecule has 1 saturated carbocycles. The summed E-state index contributed by atoms with van der Waals surface area (Å²) in [4.78, 5) is 12.6. The van der Waals surface area contributed by atoms with Gasteiger partial charge in [-0.25, -0.2) is 8.42 Å². The summed E-state index contributed by atoms with van der Waals surface area (Å²) in [6.07, 6.45) is 4.35. The minimum absolute atomic E-state index is 0.00461. The Hall–Kier alpha value is -1.07. The molecule has 1 N–H and O–H groups in total. The van der Waals surface area contributed by atoms with E-state index in [0.717, 1.165) is 19.3 Å². The molecule has 1 aliphatic rings. The van der Waals surface area contributed by atoms with E-state index in [4.69, 9.17) is 11.6 Å². The van der Waals surface area contributed by atoms with E-state index in [1.807, 2.05) is 0 Å². The second-order valence-corrected chi connectivity index (χ2v) is 8.57. The van der Waals surface area contributed by atoms with Gasteiger partial charge >= 0.3 is 0 Å². The predicted molar refractivity (Wildman–Crippen MR) is 88.1 cm³/mol. The first-order valence-corrected chi connectivity index (χ1v) is 9.71. The number of hydrogen-bond acceptors (Lipinski definition) is 3. The van der Waals surface area contributed by atoms with E-state index in [9.17, 15) is 13.2 Å². The lowest BCUT2D eigenvalue weighted by atomic mass is 9.86. The fraction of sp³-hybridized carbons (Fsp3) is 0.562. The van der Waals surface area contributed by atoms with Crippen LogP contribution in [0, 0.1) is 5.92 Å². The first-order chi connectivity index (χ1) is 10.3. The van der Waals surface area contributed by atoms with Crippen LogP contribution in [-0.4, -0.2) is 26.1 Å². The van der Waals surface area contributed by atoms with E-state index in [2.05, 4.69) is 12.2 Å². The lowest BCUT2D eigenvalue weighted by Gasteiger charge is -2.29. The average molecular weight is 344 g/mol. The summed E-state index contributed by atoms with van der Waals surface area (Å²) in [5.74, 6) is 0.131. The SMILES string of the molecule is CCS(=O)(=O)c1ccc(Cl)c(C(=O)NC2CCCCC2C)c1.